The van der Waals surface area contributed by atoms with Crippen molar-refractivity contribution >= 4 is 11.6 Å². The van der Waals surface area contributed by atoms with Crippen molar-refractivity contribution in [2.45, 2.75) is 18.7 Å². The van der Waals surface area contributed by atoms with Crippen LogP contribution in [-0.4, -0.2) is 0 Å². The van der Waals surface area contributed by atoms with Crippen LogP contribution < -0.4 is 4.74 Å². The average Bonchev–Trinajstić information content (AvgIpc) is 2.45. The van der Waals surface area contributed by atoms with Crippen molar-refractivity contribution in [1.29, 1.82) is 0 Å². The van der Waals surface area contributed by atoms with Crippen molar-refractivity contribution in [3.8, 4) is 5.75 Å². The fraction of sp³-hybridized carbons (Fsp3) is 0.200. The first kappa shape index (κ1) is 15.6. The summed E-state index contributed by atoms with van der Waals surface area (Å²) < 4.78 is 55.8. The molecule has 0 atom stereocenters. The van der Waals surface area contributed by atoms with Crippen molar-refractivity contribution in [2.75, 3.05) is 0 Å². The number of alkyl halides is 4. The van der Waals surface area contributed by atoms with E-state index in [2.05, 4.69) is 0 Å². The van der Waals surface area contributed by atoms with Gasteiger partial charge in [0.2, 0.25) is 0 Å². The quantitative estimate of drug-likeness (QED) is 0.558. The largest absolute Gasteiger partial charge is 0.489 e. The maximum atomic E-state index is 13.0. The summed E-state index contributed by atoms with van der Waals surface area (Å²) in [6.07, 6.45) is -4.36. The smallest absolute Gasteiger partial charge is 0.416 e. The van der Waals surface area contributed by atoms with Gasteiger partial charge in [0, 0.05) is 5.56 Å². The molecule has 0 heterocycles. The van der Waals surface area contributed by atoms with E-state index >= 15 is 0 Å². The molecular weight excluding hydrogens is 308 g/mol. The molecule has 0 spiro atoms. The number of ether oxygens (including phenoxy) is 1. The first-order chi connectivity index (χ1) is 9.90. The monoisotopic (exact) mass is 318 g/mol. The molecule has 0 aromatic heterocycles. The van der Waals surface area contributed by atoms with Crippen LogP contribution in [-0.2, 0) is 18.7 Å². The Balaban J connectivity index is 2.07. The van der Waals surface area contributed by atoms with Crippen LogP contribution in [0.2, 0.25) is 0 Å². The molecule has 6 heteroatoms. The number of hydrogen-bond donors (Lipinski definition) is 0. The van der Waals surface area contributed by atoms with Crippen molar-refractivity contribution in [3.05, 3.63) is 65.0 Å². The Hall–Kier alpha value is -1.75. The lowest BCUT2D eigenvalue weighted by Crippen LogP contribution is -2.05. The highest BCUT2D eigenvalue weighted by atomic mass is 35.5. The van der Waals surface area contributed by atoms with Gasteiger partial charge >= 0.3 is 6.18 Å². The summed E-state index contributed by atoms with van der Waals surface area (Å²) in [4.78, 5) is 0. The minimum absolute atomic E-state index is 0.0770. The van der Waals surface area contributed by atoms with E-state index < -0.39 is 17.6 Å². The maximum Gasteiger partial charge on any atom is 0.416 e. The highest BCUT2D eigenvalue weighted by molar-refractivity contribution is 6.17. The van der Waals surface area contributed by atoms with Crippen LogP contribution in [0.15, 0.2) is 42.5 Å². The van der Waals surface area contributed by atoms with Gasteiger partial charge in [-0.2, -0.15) is 13.2 Å². The molecule has 0 saturated carbocycles. The van der Waals surface area contributed by atoms with Crippen LogP contribution in [0.1, 0.15) is 16.7 Å². The molecule has 0 aliphatic carbocycles. The number of rotatable bonds is 4. The Bertz CT molecular complexity index is 608. The van der Waals surface area contributed by atoms with Gasteiger partial charge in [-0.25, -0.2) is 4.39 Å². The highest BCUT2D eigenvalue weighted by Gasteiger charge is 2.29. The summed E-state index contributed by atoms with van der Waals surface area (Å²) in [5.74, 6) is 0.0685. The van der Waals surface area contributed by atoms with Gasteiger partial charge in [-0.15, -0.1) is 11.6 Å². The molecule has 112 valence electrons. The molecule has 0 saturated heterocycles. The number of benzene rings is 2. The number of halogens is 5. The van der Waals surface area contributed by atoms with Crippen molar-refractivity contribution < 1.29 is 22.3 Å². The molecule has 2 rings (SSSR count). The maximum absolute atomic E-state index is 13.0. The molecule has 1 nitrogen and oxygen atoms in total. The summed E-state index contributed by atoms with van der Waals surface area (Å²) in [5, 5.41) is 0. The van der Waals surface area contributed by atoms with E-state index in [4.69, 9.17) is 16.3 Å². The van der Waals surface area contributed by atoms with E-state index in [0.717, 1.165) is 12.1 Å². The molecule has 0 aliphatic rings. The number of hydrogen-bond acceptors (Lipinski definition) is 1. The Morgan fingerprint density at radius 2 is 1.67 bits per heavy atom. The molecule has 0 bridgehead atoms. The van der Waals surface area contributed by atoms with Crippen LogP contribution >= 0.6 is 11.6 Å². The van der Waals surface area contributed by atoms with Crippen molar-refractivity contribution in [1.82, 2.24) is 0 Å². The molecular formula is C15H11ClF4O. The standard InChI is InChI=1S/C15H11ClF4O/c16-8-11-7-13(17)5-6-14(11)21-9-10-1-3-12(4-2-10)15(18,19)20/h1-7H,8-9H2. The minimum Gasteiger partial charge on any atom is -0.489 e. The minimum atomic E-state index is -4.36. The third-order valence-electron chi connectivity index (χ3n) is 2.84. The second-order valence-corrected chi connectivity index (χ2v) is 4.64. The molecule has 0 radical (unpaired) electrons. The molecule has 0 N–H and O–H groups in total. The van der Waals surface area contributed by atoms with E-state index in [0.29, 0.717) is 16.9 Å². The van der Waals surface area contributed by atoms with Crippen LogP contribution in [0.5, 0.6) is 5.75 Å². The summed E-state index contributed by atoms with van der Waals surface area (Å²) in [7, 11) is 0. The van der Waals surface area contributed by atoms with Crippen LogP contribution in [0, 0.1) is 5.82 Å². The van der Waals surface area contributed by atoms with Gasteiger partial charge in [0.1, 0.15) is 18.2 Å². The van der Waals surface area contributed by atoms with Crippen molar-refractivity contribution in [3.63, 3.8) is 0 Å². The summed E-state index contributed by atoms with van der Waals surface area (Å²) >= 11 is 5.69. The van der Waals surface area contributed by atoms with Gasteiger partial charge in [0.25, 0.3) is 0 Å². The highest BCUT2D eigenvalue weighted by Crippen LogP contribution is 2.29. The first-order valence-corrected chi connectivity index (χ1v) is 6.57. The van der Waals surface area contributed by atoms with E-state index in [-0.39, 0.29) is 12.5 Å². The molecule has 0 fully saturated rings. The third kappa shape index (κ3) is 4.11. The van der Waals surface area contributed by atoms with E-state index in [9.17, 15) is 17.6 Å². The normalized spacial score (nSPS) is 11.5. The lowest BCUT2D eigenvalue weighted by Gasteiger charge is -2.11. The fourth-order valence-corrected chi connectivity index (χ4v) is 1.95. The molecule has 21 heavy (non-hydrogen) atoms. The zero-order valence-electron chi connectivity index (χ0n) is 10.8. The van der Waals surface area contributed by atoms with Gasteiger partial charge in [-0.05, 0) is 35.9 Å². The SMILES string of the molecule is Fc1ccc(OCc2ccc(C(F)(F)F)cc2)c(CCl)c1. The topological polar surface area (TPSA) is 9.23 Å². The molecule has 0 aliphatic heterocycles. The van der Waals surface area contributed by atoms with Crippen LogP contribution in [0.3, 0.4) is 0 Å². The van der Waals surface area contributed by atoms with E-state index in [1.807, 2.05) is 0 Å². The Morgan fingerprint density at radius 3 is 2.24 bits per heavy atom. The zero-order valence-corrected chi connectivity index (χ0v) is 11.5. The first-order valence-electron chi connectivity index (χ1n) is 6.03. The summed E-state index contributed by atoms with van der Waals surface area (Å²) in [6.45, 7) is 0.0770. The average molecular weight is 319 g/mol. The summed E-state index contributed by atoms with van der Waals surface area (Å²) in [6, 6.07) is 8.60. The molecule has 2 aromatic rings. The van der Waals surface area contributed by atoms with Crippen LogP contribution in [0.4, 0.5) is 17.6 Å². The third-order valence-corrected chi connectivity index (χ3v) is 3.13. The van der Waals surface area contributed by atoms with E-state index in [1.54, 1.807) is 0 Å². The van der Waals surface area contributed by atoms with E-state index in [1.165, 1.54) is 30.3 Å². The van der Waals surface area contributed by atoms with Crippen molar-refractivity contribution in [2.24, 2.45) is 0 Å². The predicted molar refractivity (Wildman–Crippen MR) is 71.7 cm³/mol. The zero-order chi connectivity index (χ0) is 15.5. The second kappa shape index (κ2) is 6.35. The second-order valence-electron chi connectivity index (χ2n) is 4.37. The Labute approximate surface area is 124 Å². The van der Waals surface area contributed by atoms with Gasteiger partial charge in [-0.1, -0.05) is 12.1 Å². The lowest BCUT2D eigenvalue weighted by atomic mass is 10.1. The lowest BCUT2D eigenvalue weighted by molar-refractivity contribution is -0.137. The predicted octanol–water partition coefficient (Wildman–Crippen LogP) is 5.16. The van der Waals surface area contributed by atoms with Gasteiger partial charge in [0.05, 0.1) is 11.4 Å². The van der Waals surface area contributed by atoms with Gasteiger partial charge < -0.3 is 4.74 Å². The fourth-order valence-electron chi connectivity index (χ4n) is 1.74. The molecule has 0 amide bonds. The van der Waals surface area contributed by atoms with Gasteiger partial charge in [-0.3, -0.25) is 0 Å². The van der Waals surface area contributed by atoms with Crippen LogP contribution in [0.25, 0.3) is 0 Å². The molecule has 2 aromatic carbocycles. The Kier molecular flexibility index (Phi) is 4.73. The summed E-state index contributed by atoms with van der Waals surface area (Å²) in [5.41, 5.74) is 0.353. The van der Waals surface area contributed by atoms with Gasteiger partial charge in [0.15, 0.2) is 0 Å². The Morgan fingerprint density at radius 1 is 1.00 bits per heavy atom. The molecule has 0 unspecified atom stereocenters.